The standard InChI is InChI=1S/C19H17F4N3O/c1-2-26(11-14-9-13(10-24)7-8-16(14)20)12-18(27)25-17-6-4-3-5-15(17)19(21,22)23/h3-9H,2,11-12H2,1H3,(H,25,27). The number of nitrogens with one attached hydrogen (secondary N) is 1. The maximum Gasteiger partial charge on any atom is 0.418 e. The molecule has 0 unspecified atom stereocenters. The van der Waals surface area contributed by atoms with E-state index in [2.05, 4.69) is 5.32 Å². The molecule has 2 rings (SSSR count). The molecule has 142 valence electrons. The van der Waals surface area contributed by atoms with Crippen LogP contribution in [0.5, 0.6) is 0 Å². The Morgan fingerprint density at radius 1 is 1.22 bits per heavy atom. The number of amides is 1. The highest BCUT2D eigenvalue weighted by Gasteiger charge is 2.33. The third-order valence-corrected chi connectivity index (χ3v) is 3.89. The Hall–Kier alpha value is -2.92. The zero-order valence-corrected chi connectivity index (χ0v) is 14.5. The van der Waals surface area contributed by atoms with E-state index in [9.17, 15) is 22.4 Å². The zero-order valence-electron chi connectivity index (χ0n) is 14.5. The lowest BCUT2D eigenvalue weighted by atomic mass is 10.1. The molecule has 0 aliphatic heterocycles. The molecule has 2 aromatic carbocycles. The molecule has 4 nitrogen and oxygen atoms in total. The summed E-state index contributed by atoms with van der Waals surface area (Å²) in [6.07, 6.45) is -4.59. The Bertz CT molecular complexity index is 859. The van der Waals surface area contributed by atoms with Gasteiger partial charge in [0.15, 0.2) is 0 Å². The molecule has 0 aliphatic rings. The second-order valence-corrected chi connectivity index (χ2v) is 5.81. The van der Waals surface area contributed by atoms with Gasteiger partial charge in [0.25, 0.3) is 0 Å². The summed E-state index contributed by atoms with van der Waals surface area (Å²) >= 11 is 0. The van der Waals surface area contributed by atoms with E-state index in [1.165, 1.54) is 36.4 Å². The molecular weight excluding hydrogens is 362 g/mol. The van der Waals surface area contributed by atoms with Gasteiger partial charge in [-0.15, -0.1) is 0 Å². The molecule has 0 radical (unpaired) electrons. The minimum atomic E-state index is -4.59. The predicted octanol–water partition coefficient (Wildman–Crippen LogP) is 4.18. The molecule has 0 saturated carbocycles. The molecule has 0 fully saturated rings. The van der Waals surface area contributed by atoms with Crippen molar-refractivity contribution in [3.63, 3.8) is 0 Å². The van der Waals surface area contributed by atoms with Gasteiger partial charge < -0.3 is 5.32 Å². The summed E-state index contributed by atoms with van der Waals surface area (Å²) in [5.41, 5.74) is -0.747. The number of hydrogen-bond donors (Lipinski definition) is 1. The monoisotopic (exact) mass is 379 g/mol. The lowest BCUT2D eigenvalue weighted by molar-refractivity contribution is -0.137. The maximum absolute atomic E-state index is 13.9. The molecule has 8 heteroatoms. The molecule has 0 aliphatic carbocycles. The molecule has 27 heavy (non-hydrogen) atoms. The number of halogens is 4. The van der Waals surface area contributed by atoms with Crippen LogP contribution in [0.1, 0.15) is 23.6 Å². The van der Waals surface area contributed by atoms with Gasteiger partial charge in [-0.25, -0.2) is 4.39 Å². The molecule has 2 aromatic rings. The summed E-state index contributed by atoms with van der Waals surface area (Å²) in [6.45, 7) is 1.93. The fourth-order valence-electron chi connectivity index (χ4n) is 2.52. The van der Waals surface area contributed by atoms with E-state index < -0.39 is 23.5 Å². The van der Waals surface area contributed by atoms with Crippen LogP contribution in [-0.4, -0.2) is 23.9 Å². The zero-order chi connectivity index (χ0) is 20.0. The van der Waals surface area contributed by atoms with Gasteiger partial charge in [-0.3, -0.25) is 9.69 Å². The number of para-hydroxylation sites is 1. The van der Waals surface area contributed by atoms with Crippen molar-refractivity contribution in [3.05, 3.63) is 65.0 Å². The number of benzene rings is 2. The van der Waals surface area contributed by atoms with Crippen LogP contribution in [0.2, 0.25) is 0 Å². The van der Waals surface area contributed by atoms with Crippen LogP contribution in [0.3, 0.4) is 0 Å². The Morgan fingerprint density at radius 3 is 2.56 bits per heavy atom. The number of carbonyl (C=O) groups excluding carboxylic acids is 1. The first-order valence-corrected chi connectivity index (χ1v) is 8.11. The van der Waals surface area contributed by atoms with Crippen molar-refractivity contribution in [2.45, 2.75) is 19.6 Å². The van der Waals surface area contributed by atoms with Gasteiger partial charge in [-0.05, 0) is 36.9 Å². The first-order chi connectivity index (χ1) is 12.7. The van der Waals surface area contributed by atoms with Crippen LogP contribution in [0, 0.1) is 17.1 Å². The Balaban J connectivity index is 2.10. The molecule has 0 saturated heterocycles. The summed E-state index contributed by atoms with van der Waals surface area (Å²) in [6, 6.07) is 10.5. The molecule has 0 atom stereocenters. The molecular formula is C19H17F4N3O. The Morgan fingerprint density at radius 2 is 1.93 bits per heavy atom. The number of anilines is 1. The van der Waals surface area contributed by atoms with Crippen molar-refractivity contribution in [1.29, 1.82) is 5.26 Å². The van der Waals surface area contributed by atoms with Crippen LogP contribution in [0.4, 0.5) is 23.2 Å². The molecule has 0 bridgehead atoms. The fraction of sp³-hybridized carbons (Fsp3) is 0.263. The van der Waals surface area contributed by atoms with Gasteiger partial charge >= 0.3 is 6.18 Å². The fourth-order valence-corrected chi connectivity index (χ4v) is 2.52. The summed E-state index contributed by atoms with van der Waals surface area (Å²) in [7, 11) is 0. The number of hydrogen-bond acceptors (Lipinski definition) is 3. The van der Waals surface area contributed by atoms with Crippen molar-refractivity contribution in [1.82, 2.24) is 4.90 Å². The van der Waals surface area contributed by atoms with E-state index in [0.29, 0.717) is 6.54 Å². The van der Waals surface area contributed by atoms with Gasteiger partial charge in [-0.1, -0.05) is 19.1 Å². The summed E-state index contributed by atoms with van der Waals surface area (Å²) in [4.78, 5) is 13.8. The maximum atomic E-state index is 13.9. The third-order valence-electron chi connectivity index (χ3n) is 3.89. The van der Waals surface area contributed by atoms with Crippen LogP contribution in [0.25, 0.3) is 0 Å². The Kier molecular flexibility index (Phi) is 6.53. The lowest BCUT2D eigenvalue weighted by Gasteiger charge is -2.21. The van der Waals surface area contributed by atoms with E-state index in [4.69, 9.17) is 5.26 Å². The van der Waals surface area contributed by atoms with E-state index in [0.717, 1.165) is 6.07 Å². The van der Waals surface area contributed by atoms with E-state index in [-0.39, 0.29) is 29.9 Å². The van der Waals surface area contributed by atoms with E-state index in [1.807, 2.05) is 6.07 Å². The number of nitrogens with zero attached hydrogens (tertiary/aromatic N) is 2. The topological polar surface area (TPSA) is 56.1 Å². The van der Waals surface area contributed by atoms with Crippen molar-refractivity contribution in [2.24, 2.45) is 0 Å². The highest BCUT2D eigenvalue weighted by atomic mass is 19.4. The quantitative estimate of drug-likeness (QED) is 0.767. The van der Waals surface area contributed by atoms with Crippen LogP contribution < -0.4 is 5.32 Å². The van der Waals surface area contributed by atoms with Crippen molar-refractivity contribution < 1.29 is 22.4 Å². The SMILES string of the molecule is CCN(CC(=O)Nc1ccccc1C(F)(F)F)Cc1cc(C#N)ccc1F. The van der Waals surface area contributed by atoms with E-state index in [1.54, 1.807) is 11.8 Å². The normalized spacial score (nSPS) is 11.3. The van der Waals surface area contributed by atoms with Crippen molar-refractivity contribution in [2.75, 3.05) is 18.4 Å². The summed E-state index contributed by atoms with van der Waals surface area (Å²) in [5, 5.41) is 11.2. The van der Waals surface area contributed by atoms with Crippen LogP contribution in [-0.2, 0) is 17.5 Å². The molecule has 0 aromatic heterocycles. The minimum absolute atomic E-state index is 0.0478. The number of nitriles is 1. The van der Waals surface area contributed by atoms with Gasteiger partial charge in [0.2, 0.25) is 5.91 Å². The number of alkyl halides is 3. The third kappa shape index (κ3) is 5.53. The van der Waals surface area contributed by atoms with Crippen LogP contribution in [0.15, 0.2) is 42.5 Å². The Labute approximate surface area is 154 Å². The summed E-state index contributed by atoms with van der Waals surface area (Å²) < 4.78 is 52.9. The molecule has 1 amide bonds. The first-order valence-electron chi connectivity index (χ1n) is 8.11. The second-order valence-electron chi connectivity index (χ2n) is 5.81. The van der Waals surface area contributed by atoms with Gasteiger partial charge in [0, 0.05) is 12.1 Å². The highest BCUT2D eigenvalue weighted by Crippen LogP contribution is 2.34. The van der Waals surface area contributed by atoms with Gasteiger partial charge in [0.1, 0.15) is 5.82 Å². The summed E-state index contributed by atoms with van der Waals surface area (Å²) in [5.74, 6) is -1.17. The van der Waals surface area contributed by atoms with E-state index >= 15 is 0 Å². The van der Waals surface area contributed by atoms with Gasteiger partial charge in [0.05, 0.1) is 29.4 Å². The predicted molar refractivity (Wildman–Crippen MR) is 92.1 cm³/mol. The molecule has 0 heterocycles. The number of carbonyl (C=O) groups is 1. The average molecular weight is 379 g/mol. The largest absolute Gasteiger partial charge is 0.418 e. The van der Waals surface area contributed by atoms with Crippen molar-refractivity contribution >= 4 is 11.6 Å². The number of likely N-dealkylation sites (N-methyl/N-ethyl adjacent to an activating group) is 1. The molecule has 1 N–H and O–H groups in total. The smallest absolute Gasteiger partial charge is 0.324 e. The molecule has 0 spiro atoms. The lowest BCUT2D eigenvalue weighted by Crippen LogP contribution is -2.33. The van der Waals surface area contributed by atoms with Crippen molar-refractivity contribution in [3.8, 4) is 6.07 Å². The number of rotatable bonds is 6. The highest BCUT2D eigenvalue weighted by molar-refractivity contribution is 5.93. The second kappa shape index (κ2) is 8.64. The van der Waals surface area contributed by atoms with Gasteiger partial charge in [-0.2, -0.15) is 18.4 Å². The average Bonchev–Trinajstić information content (AvgIpc) is 2.62. The first kappa shape index (κ1) is 20.4. The minimum Gasteiger partial charge on any atom is -0.324 e. The van der Waals surface area contributed by atoms with Crippen LogP contribution >= 0.6 is 0 Å².